The van der Waals surface area contributed by atoms with Gasteiger partial charge in [-0.05, 0) is 36.9 Å². The van der Waals surface area contributed by atoms with Crippen molar-refractivity contribution in [2.75, 3.05) is 12.3 Å². The van der Waals surface area contributed by atoms with E-state index in [0.717, 1.165) is 17.0 Å². The molecule has 0 saturated heterocycles. The highest BCUT2D eigenvalue weighted by Crippen LogP contribution is 2.15. The lowest BCUT2D eigenvalue weighted by Crippen LogP contribution is -2.29. The molecule has 1 aromatic rings. The predicted octanol–water partition coefficient (Wildman–Crippen LogP) is 1.86. The Bertz CT molecular complexity index is 452. The Morgan fingerprint density at radius 1 is 1.39 bits per heavy atom. The number of nitrogens with one attached hydrogen (secondary N) is 2. The Balaban J connectivity index is 2.30. The Morgan fingerprint density at radius 3 is 2.67 bits per heavy atom. The number of hydrogen-bond acceptors (Lipinski definition) is 4. The smallest absolute Gasteiger partial charge is 0.211 e. The summed E-state index contributed by atoms with van der Waals surface area (Å²) in [6.07, 6.45) is 0.636. The van der Waals surface area contributed by atoms with Gasteiger partial charge in [0.2, 0.25) is 10.0 Å². The van der Waals surface area contributed by atoms with Crippen molar-refractivity contribution in [3.05, 3.63) is 21.9 Å². The zero-order chi connectivity index (χ0) is 13.6. The second-order valence-electron chi connectivity index (χ2n) is 4.63. The molecule has 4 nitrogen and oxygen atoms in total. The molecule has 1 aromatic heterocycles. The van der Waals surface area contributed by atoms with Crippen LogP contribution in [0.1, 0.15) is 30.7 Å². The molecule has 1 heterocycles. The van der Waals surface area contributed by atoms with Gasteiger partial charge in [-0.25, -0.2) is 13.1 Å². The first kappa shape index (κ1) is 15.6. The molecular formula is C12H22N2O2S2. The van der Waals surface area contributed by atoms with Crippen LogP contribution in [0.3, 0.4) is 0 Å². The monoisotopic (exact) mass is 290 g/mol. The van der Waals surface area contributed by atoms with Crippen molar-refractivity contribution >= 4 is 21.4 Å². The summed E-state index contributed by atoms with van der Waals surface area (Å²) in [5.74, 6) is 0.178. The van der Waals surface area contributed by atoms with Crippen molar-refractivity contribution in [1.29, 1.82) is 0 Å². The summed E-state index contributed by atoms with van der Waals surface area (Å²) in [5, 5.41) is 5.18. The average molecular weight is 290 g/mol. The second kappa shape index (κ2) is 7.23. The standard InChI is InChI=1S/C12H22N2O2S2/c1-10(2)13-6-4-8-18(15,16)14-9-12-11(3)5-7-17-12/h5,7,10,13-14H,4,6,8-9H2,1-3H3. The zero-order valence-corrected chi connectivity index (χ0v) is 12.8. The summed E-state index contributed by atoms with van der Waals surface area (Å²) in [6, 6.07) is 2.40. The highest BCUT2D eigenvalue weighted by Gasteiger charge is 2.10. The van der Waals surface area contributed by atoms with E-state index in [-0.39, 0.29) is 5.75 Å². The van der Waals surface area contributed by atoms with Gasteiger partial charge in [0, 0.05) is 17.5 Å². The Morgan fingerprint density at radius 2 is 2.11 bits per heavy atom. The minimum absolute atomic E-state index is 0.178. The maximum Gasteiger partial charge on any atom is 0.211 e. The molecule has 0 aliphatic heterocycles. The van der Waals surface area contributed by atoms with Crippen molar-refractivity contribution in [1.82, 2.24) is 10.0 Å². The van der Waals surface area contributed by atoms with Gasteiger partial charge in [0.25, 0.3) is 0 Å². The first-order chi connectivity index (χ1) is 8.41. The van der Waals surface area contributed by atoms with E-state index in [0.29, 0.717) is 19.0 Å². The number of thiophene rings is 1. The number of rotatable bonds is 8. The van der Waals surface area contributed by atoms with Crippen LogP contribution in [0.2, 0.25) is 0 Å². The topological polar surface area (TPSA) is 58.2 Å². The molecule has 0 bridgehead atoms. The van der Waals surface area contributed by atoms with E-state index in [4.69, 9.17) is 0 Å². The lowest BCUT2D eigenvalue weighted by molar-refractivity contribution is 0.561. The van der Waals surface area contributed by atoms with Crippen LogP contribution in [0.25, 0.3) is 0 Å². The van der Waals surface area contributed by atoms with E-state index in [1.165, 1.54) is 0 Å². The molecule has 0 radical (unpaired) electrons. The van der Waals surface area contributed by atoms with Gasteiger partial charge in [-0.1, -0.05) is 13.8 Å². The maximum atomic E-state index is 11.7. The van der Waals surface area contributed by atoms with Crippen LogP contribution < -0.4 is 10.0 Å². The number of aryl methyl sites for hydroxylation is 1. The molecule has 0 aliphatic rings. The number of hydrogen-bond donors (Lipinski definition) is 2. The molecule has 0 saturated carbocycles. The summed E-state index contributed by atoms with van der Waals surface area (Å²) < 4.78 is 26.1. The van der Waals surface area contributed by atoms with Crippen molar-refractivity contribution in [2.24, 2.45) is 0 Å². The third-order valence-electron chi connectivity index (χ3n) is 2.56. The molecular weight excluding hydrogens is 268 g/mol. The fourth-order valence-electron chi connectivity index (χ4n) is 1.49. The van der Waals surface area contributed by atoms with Crippen LogP contribution in [-0.4, -0.2) is 26.8 Å². The van der Waals surface area contributed by atoms with E-state index >= 15 is 0 Å². The molecule has 0 aromatic carbocycles. The van der Waals surface area contributed by atoms with E-state index in [1.807, 2.05) is 32.2 Å². The molecule has 0 spiro atoms. The molecule has 1 rings (SSSR count). The SMILES string of the molecule is Cc1ccsc1CNS(=O)(=O)CCCNC(C)C. The molecule has 0 fully saturated rings. The van der Waals surface area contributed by atoms with Crippen LogP contribution in [0.4, 0.5) is 0 Å². The van der Waals surface area contributed by atoms with Gasteiger partial charge in [0.15, 0.2) is 0 Å². The zero-order valence-electron chi connectivity index (χ0n) is 11.2. The fraction of sp³-hybridized carbons (Fsp3) is 0.667. The second-order valence-corrected chi connectivity index (χ2v) is 7.56. The average Bonchev–Trinajstić information content (AvgIpc) is 2.68. The van der Waals surface area contributed by atoms with E-state index in [9.17, 15) is 8.42 Å². The van der Waals surface area contributed by atoms with E-state index in [2.05, 4.69) is 10.0 Å². The molecule has 0 amide bonds. The van der Waals surface area contributed by atoms with Gasteiger partial charge >= 0.3 is 0 Å². The molecule has 18 heavy (non-hydrogen) atoms. The van der Waals surface area contributed by atoms with Crippen LogP contribution in [0, 0.1) is 6.92 Å². The fourth-order valence-corrected chi connectivity index (χ4v) is 3.46. The van der Waals surface area contributed by atoms with Gasteiger partial charge in [-0.2, -0.15) is 0 Å². The van der Waals surface area contributed by atoms with Crippen LogP contribution in [0.15, 0.2) is 11.4 Å². The summed E-state index contributed by atoms with van der Waals surface area (Å²) in [4.78, 5) is 1.08. The predicted molar refractivity (Wildman–Crippen MR) is 77.4 cm³/mol. The molecule has 0 unspecified atom stereocenters. The Kier molecular flexibility index (Phi) is 6.28. The van der Waals surface area contributed by atoms with Gasteiger partial charge in [0.1, 0.15) is 0 Å². The summed E-state index contributed by atoms with van der Waals surface area (Å²) in [7, 11) is -3.16. The highest BCUT2D eigenvalue weighted by atomic mass is 32.2. The van der Waals surface area contributed by atoms with Crippen LogP contribution in [-0.2, 0) is 16.6 Å². The third kappa shape index (κ3) is 5.95. The minimum Gasteiger partial charge on any atom is -0.314 e. The number of sulfonamides is 1. The van der Waals surface area contributed by atoms with Crippen molar-refractivity contribution in [2.45, 2.75) is 39.8 Å². The summed E-state index contributed by atoms with van der Waals surface area (Å²) in [5.41, 5.74) is 1.14. The summed E-state index contributed by atoms with van der Waals surface area (Å²) >= 11 is 1.58. The van der Waals surface area contributed by atoms with Gasteiger partial charge in [0.05, 0.1) is 5.75 Å². The molecule has 0 aliphatic carbocycles. The normalized spacial score (nSPS) is 12.2. The maximum absolute atomic E-state index is 11.7. The lowest BCUT2D eigenvalue weighted by atomic mass is 10.3. The largest absolute Gasteiger partial charge is 0.314 e. The van der Waals surface area contributed by atoms with E-state index < -0.39 is 10.0 Å². The first-order valence-electron chi connectivity index (χ1n) is 6.14. The van der Waals surface area contributed by atoms with Gasteiger partial charge in [-0.15, -0.1) is 11.3 Å². The van der Waals surface area contributed by atoms with Crippen molar-refractivity contribution in [3.8, 4) is 0 Å². The van der Waals surface area contributed by atoms with Gasteiger partial charge in [-0.3, -0.25) is 0 Å². The quantitative estimate of drug-likeness (QED) is 0.719. The van der Waals surface area contributed by atoms with E-state index in [1.54, 1.807) is 11.3 Å². The Labute approximate surface area is 114 Å². The Hall–Kier alpha value is -0.430. The third-order valence-corrected chi connectivity index (χ3v) is 5.00. The van der Waals surface area contributed by atoms with Crippen molar-refractivity contribution < 1.29 is 8.42 Å². The first-order valence-corrected chi connectivity index (χ1v) is 8.67. The minimum atomic E-state index is -3.16. The highest BCUT2D eigenvalue weighted by molar-refractivity contribution is 7.89. The molecule has 2 N–H and O–H groups in total. The van der Waals surface area contributed by atoms with Crippen molar-refractivity contribution in [3.63, 3.8) is 0 Å². The van der Waals surface area contributed by atoms with Crippen LogP contribution in [0.5, 0.6) is 0 Å². The molecule has 104 valence electrons. The van der Waals surface area contributed by atoms with Gasteiger partial charge < -0.3 is 5.32 Å². The molecule has 6 heteroatoms. The lowest BCUT2D eigenvalue weighted by Gasteiger charge is -2.09. The van der Waals surface area contributed by atoms with Crippen LogP contribution >= 0.6 is 11.3 Å². The summed E-state index contributed by atoms with van der Waals surface area (Å²) in [6.45, 7) is 7.23. The molecule has 0 atom stereocenters.